The van der Waals surface area contributed by atoms with Gasteiger partial charge in [0.15, 0.2) is 0 Å². The molecule has 2 N–H and O–H groups in total. The van der Waals surface area contributed by atoms with Crippen LogP contribution >= 0.6 is 0 Å². The Hall–Kier alpha value is -1.97. The zero-order valence-corrected chi connectivity index (χ0v) is 16.3. The van der Waals surface area contributed by atoms with Gasteiger partial charge in [-0.05, 0) is 50.6 Å². The lowest BCUT2D eigenvalue weighted by Gasteiger charge is -2.32. The van der Waals surface area contributed by atoms with Gasteiger partial charge in [-0.3, -0.25) is 9.59 Å². The molecule has 9 heteroatoms. The van der Waals surface area contributed by atoms with Crippen LogP contribution in [-0.4, -0.2) is 75.8 Å². The van der Waals surface area contributed by atoms with Crippen molar-refractivity contribution in [3.8, 4) is 0 Å². The van der Waals surface area contributed by atoms with E-state index >= 15 is 0 Å². The van der Waals surface area contributed by atoms with Crippen LogP contribution < -0.4 is 10.6 Å². The average Bonchev–Trinajstić information content (AvgIpc) is 2.68. The molecule has 0 spiro atoms. The van der Waals surface area contributed by atoms with Gasteiger partial charge in [0.05, 0.1) is 11.4 Å². The normalized spacial score (nSPS) is 19.7. The Morgan fingerprint density at radius 1 is 1.26 bits per heavy atom. The van der Waals surface area contributed by atoms with Crippen molar-refractivity contribution in [3.05, 3.63) is 29.8 Å². The molecule has 1 aromatic rings. The molecule has 0 bridgehead atoms. The van der Waals surface area contributed by atoms with Crippen LogP contribution in [0.2, 0.25) is 0 Å². The van der Waals surface area contributed by atoms with Gasteiger partial charge < -0.3 is 15.5 Å². The minimum atomic E-state index is -3.80. The molecule has 0 unspecified atom stereocenters. The van der Waals surface area contributed by atoms with Crippen LogP contribution in [0, 0.1) is 5.92 Å². The first-order valence-electron chi connectivity index (χ1n) is 9.22. The monoisotopic (exact) mass is 394 g/mol. The Kier molecular flexibility index (Phi) is 6.13. The highest BCUT2D eigenvalue weighted by Gasteiger charge is 2.30. The molecular formula is C18H26N4O4S. The Labute approximate surface area is 160 Å². The molecule has 0 aromatic heterocycles. The number of benzene rings is 1. The number of sulfonamides is 1. The van der Waals surface area contributed by atoms with Crippen LogP contribution in [0.3, 0.4) is 0 Å². The molecule has 8 nitrogen and oxygen atoms in total. The molecule has 2 amide bonds. The Morgan fingerprint density at radius 2 is 2.00 bits per heavy atom. The van der Waals surface area contributed by atoms with Crippen molar-refractivity contribution in [1.82, 2.24) is 19.8 Å². The van der Waals surface area contributed by atoms with Gasteiger partial charge in [-0.2, -0.15) is 4.31 Å². The average molecular weight is 394 g/mol. The van der Waals surface area contributed by atoms with E-state index in [9.17, 15) is 18.0 Å². The Morgan fingerprint density at radius 3 is 2.67 bits per heavy atom. The van der Waals surface area contributed by atoms with E-state index in [1.165, 1.54) is 12.1 Å². The zero-order valence-electron chi connectivity index (χ0n) is 15.5. The van der Waals surface area contributed by atoms with Crippen LogP contribution in [-0.2, 0) is 14.8 Å². The number of piperidine rings is 1. The summed E-state index contributed by atoms with van der Waals surface area (Å²) in [5.41, 5.74) is 0.365. The van der Waals surface area contributed by atoms with Gasteiger partial charge in [-0.15, -0.1) is 0 Å². The van der Waals surface area contributed by atoms with Crippen LogP contribution in [0.1, 0.15) is 23.2 Å². The summed E-state index contributed by atoms with van der Waals surface area (Å²) in [7, 11) is -1.88. The fourth-order valence-corrected chi connectivity index (χ4v) is 5.01. The minimum absolute atomic E-state index is 0.0492. The predicted molar refractivity (Wildman–Crippen MR) is 101 cm³/mol. The summed E-state index contributed by atoms with van der Waals surface area (Å²) in [4.78, 5) is 26.2. The molecule has 2 aliphatic heterocycles. The molecular weight excluding hydrogens is 368 g/mol. The summed E-state index contributed by atoms with van der Waals surface area (Å²) in [5, 5.41) is 5.78. The summed E-state index contributed by atoms with van der Waals surface area (Å²) in [6.07, 6.45) is 1.88. The Bertz CT molecular complexity index is 803. The quantitative estimate of drug-likeness (QED) is 0.725. The Balaban J connectivity index is 1.73. The van der Waals surface area contributed by atoms with Gasteiger partial charge in [0.2, 0.25) is 15.9 Å². The van der Waals surface area contributed by atoms with Crippen molar-refractivity contribution in [2.75, 3.05) is 46.3 Å². The van der Waals surface area contributed by atoms with E-state index < -0.39 is 10.0 Å². The summed E-state index contributed by atoms with van der Waals surface area (Å²) < 4.78 is 26.8. The molecule has 2 saturated heterocycles. The van der Waals surface area contributed by atoms with Crippen molar-refractivity contribution in [1.29, 1.82) is 0 Å². The molecule has 2 fully saturated rings. The standard InChI is InChI=1S/C18H26N4O4S/c1-19-12-14-5-8-21(9-6-14)18(24)15-3-2-4-16(11-15)27(25,26)22-10-7-20-17(23)13-22/h2-4,11,14,19H,5-10,12-13H2,1H3,(H,20,23). The highest BCUT2D eigenvalue weighted by atomic mass is 32.2. The fraction of sp³-hybridized carbons (Fsp3) is 0.556. The summed E-state index contributed by atoms with van der Waals surface area (Å²) in [6.45, 7) is 2.62. The third-order valence-electron chi connectivity index (χ3n) is 5.12. The molecule has 2 aliphatic rings. The zero-order chi connectivity index (χ0) is 19.4. The highest BCUT2D eigenvalue weighted by Crippen LogP contribution is 2.21. The number of carbonyl (C=O) groups is 2. The van der Waals surface area contributed by atoms with Crippen LogP contribution in [0.4, 0.5) is 0 Å². The number of nitrogens with one attached hydrogen (secondary N) is 2. The van der Waals surface area contributed by atoms with Crippen LogP contribution in [0.5, 0.6) is 0 Å². The SMILES string of the molecule is CNCC1CCN(C(=O)c2cccc(S(=O)(=O)N3CCNC(=O)C3)c2)CC1. The highest BCUT2D eigenvalue weighted by molar-refractivity contribution is 7.89. The van der Waals surface area contributed by atoms with Crippen molar-refractivity contribution < 1.29 is 18.0 Å². The maximum Gasteiger partial charge on any atom is 0.253 e. The maximum atomic E-state index is 12.8. The maximum absolute atomic E-state index is 12.8. The number of piperazine rings is 1. The van der Waals surface area contributed by atoms with Crippen LogP contribution in [0.25, 0.3) is 0 Å². The smallest absolute Gasteiger partial charge is 0.253 e. The second-order valence-electron chi connectivity index (χ2n) is 7.01. The van der Waals surface area contributed by atoms with Gasteiger partial charge in [0, 0.05) is 31.7 Å². The van der Waals surface area contributed by atoms with E-state index in [1.54, 1.807) is 17.0 Å². The van der Waals surface area contributed by atoms with Crippen molar-refractivity contribution in [3.63, 3.8) is 0 Å². The molecule has 0 atom stereocenters. The topological polar surface area (TPSA) is 98.8 Å². The minimum Gasteiger partial charge on any atom is -0.354 e. The second-order valence-corrected chi connectivity index (χ2v) is 8.95. The first kappa shape index (κ1) is 19.8. The van der Waals surface area contributed by atoms with Gasteiger partial charge >= 0.3 is 0 Å². The molecule has 148 valence electrons. The number of carbonyl (C=O) groups excluding carboxylic acids is 2. The van der Waals surface area contributed by atoms with Gasteiger partial charge in [0.25, 0.3) is 5.91 Å². The molecule has 1 aromatic carbocycles. The van der Waals surface area contributed by atoms with Crippen molar-refractivity contribution in [2.45, 2.75) is 17.7 Å². The molecule has 0 radical (unpaired) electrons. The first-order chi connectivity index (χ1) is 12.9. The lowest BCUT2D eigenvalue weighted by atomic mass is 9.96. The van der Waals surface area contributed by atoms with Crippen LogP contribution in [0.15, 0.2) is 29.2 Å². The first-order valence-corrected chi connectivity index (χ1v) is 10.7. The lowest BCUT2D eigenvalue weighted by Crippen LogP contribution is -2.49. The van der Waals surface area contributed by atoms with Gasteiger partial charge in [0.1, 0.15) is 0 Å². The number of likely N-dealkylation sites (tertiary alicyclic amines) is 1. The number of hydrogen-bond donors (Lipinski definition) is 2. The third kappa shape index (κ3) is 4.48. The van der Waals surface area contributed by atoms with E-state index in [0.29, 0.717) is 24.6 Å². The largest absolute Gasteiger partial charge is 0.354 e. The summed E-state index contributed by atoms with van der Waals surface area (Å²) >= 11 is 0. The summed E-state index contributed by atoms with van der Waals surface area (Å²) in [5.74, 6) is 0.101. The van der Waals surface area contributed by atoms with Crippen molar-refractivity contribution in [2.24, 2.45) is 5.92 Å². The van der Waals surface area contributed by atoms with E-state index in [2.05, 4.69) is 10.6 Å². The second kappa shape index (κ2) is 8.37. The number of rotatable bonds is 5. The third-order valence-corrected chi connectivity index (χ3v) is 6.96. The van der Waals surface area contributed by atoms with E-state index in [-0.39, 0.29) is 36.3 Å². The van der Waals surface area contributed by atoms with Gasteiger partial charge in [-0.25, -0.2) is 8.42 Å². The van der Waals surface area contributed by atoms with E-state index in [1.807, 2.05) is 7.05 Å². The molecule has 0 aliphatic carbocycles. The van der Waals surface area contributed by atoms with E-state index in [0.717, 1.165) is 23.7 Å². The molecule has 3 rings (SSSR count). The van der Waals surface area contributed by atoms with E-state index in [4.69, 9.17) is 0 Å². The molecule has 2 heterocycles. The molecule has 0 saturated carbocycles. The molecule has 27 heavy (non-hydrogen) atoms. The number of amides is 2. The summed E-state index contributed by atoms with van der Waals surface area (Å²) in [6, 6.07) is 6.11. The lowest BCUT2D eigenvalue weighted by molar-refractivity contribution is -0.122. The number of nitrogens with zero attached hydrogens (tertiary/aromatic N) is 2. The predicted octanol–water partition coefficient (Wildman–Crippen LogP) is -0.121. The fourth-order valence-electron chi connectivity index (χ4n) is 3.57. The van der Waals surface area contributed by atoms with Crippen molar-refractivity contribution >= 4 is 21.8 Å². The number of hydrogen-bond acceptors (Lipinski definition) is 5. The van der Waals surface area contributed by atoms with Gasteiger partial charge in [-0.1, -0.05) is 6.07 Å².